The minimum atomic E-state index is -4.42. The first-order valence-corrected chi connectivity index (χ1v) is 12.1. The monoisotopic (exact) mass is 509 g/mol. The molecular weight excluding hydrogens is 475 g/mol. The van der Waals surface area contributed by atoms with Crippen molar-refractivity contribution in [3.63, 3.8) is 0 Å². The lowest BCUT2D eigenvalue weighted by Gasteiger charge is -2.26. The van der Waals surface area contributed by atoms with Crippen LogP contribution in [0.25, 0.3) is 0 Å². The van der Waals surface area contributed by atoms with E-state index in [-0.39, 0.29) is 36.8 Å². The zero-order valence-corrected chi connectivity index (χ0v) is 20.6. The van der Waals surface area contributed by atoms with Gasteiger partial charge in [0.2, 0.25) is 0 Å². The van der Waals surface area contributed by atoms with E-state index in [1.165, 1.54) is 6.07 Å². The zero-order valence-electron chi connectivity index (χ0n) is 20.6. The first kappa shape index (κ1) is 27.6. The average Bonchev–Trinajstić information content (AvgIpc) is 3.13. The van der Waals surface area contributed by atoms with Crippen LogP contribution < -0.4 is 25.4 Å². The summed E-state index contributed by atoms with van der Waals surface area (Å²) in [5.41, 5.74) is 9.15. The fourth-order valence-corrected chi connectivity index (χ4v) is 4.52. The number of hydrogen-bond donors (Lipinski definition) is 3. The fourth-order valence-electron chi connectivity index (χ4n) is 4.52. The lowest BCUT2D eigenvalue weighted by atomic mass is 9.97. The van der Waals surface area contributed by atoms with Crippen LogP contribution in [0.3, 0.4) is 0 Å². The third-order valence-electron chi connectivity index (χ3n) is 6.04. The van der Waals surface area contributed by atoms with E-state index < -0.39 is 18.7 Å². The first-order valence-electron chi connectivity index (χ1n) is 12.1. The van der Waals surface area contributed by atoms with Gasteiger partial charge in [-0.1, -0.05) is 18.2 Å². The summed E-state index contributed by atoms with van der Waals surface area (Å²) in [7, 11) is 0. The summed E-state index contributed by atoms with van der Waals surface area (Å²) in [4.78, 5) is 14.4. The highest BCUT2D eigenvalue weighted by atomic mass is 19.4. The molecule has 1 aliphatic rings. The molecule has 0 radical (unpaired) electrons. The number of nitrogens with one attached hydrogen (secondary N) is 1. The fraction of sp³-hybridized carbons (Fsp3) is 0.500. The van der Waals surface area contributed by atoms with Crippen molar-refractivity contribution < 1.29 is 32.5 Å². The molecule has 0 bridgehead atoms. The highest BCUT2D eigenvalue weighted by Gasteiger charge is 2.31. The Morgan fingerprint density at radius 2 is 1.94 bits per heavy atom. The van der Waals surface area contributed by atoms with Gasteiger partial charge in [0.25, 0.3) is 5.91 Å². The van der Waals surface area contributed by atoms with Gasteiger partial charge in [0.1, 0.15) is 6.61 Å². The van der Waals surface area contributed by atoms with E-state index in [2.05, 4.69) is 23.2 Å². The Morgan fingerprint density at radius 1 is 1.25 bits per heavy atom. The second-order valence-electron chi connectivity index (χ2n) is 9.10. The highest BCUT2D eigenvalue weighted by Crippen LogP contribution is 2.37. The molecule has 0 saturated heterocycles. The largest absolute Gasteiger partial charge is 0.488 e. The summed E-state index contributed by atoms with van der Waals surface area (Å²) >= 11 is 0. The molecule has 36 heavy (non-hydrogen) atoms. The van der Waals surface area contributed by atoms with Gasteiger partial charge in [-0.05, 0) is 62.4 Å². The van der Waals surface area contributed by atoms with Crippen molar-refractivity contribution >= 4 is 11.6 Å². The average molecular weight is 510 g/mol. The Kier molecular flexibility index (Phi) is 9.44. The molecule has 1 amide bonds. The molecule has 10 heteroatoms. The van der Waals surface area contributed by atoms with Gasteiger partial charge in [-0.15, -0.1) is 0 Å². The number of amides is 1. The Labute approximate surface area is 209 Å². The second kappa shape index (κ2) is 12.3. The number of carbonyl (C=O) groups is 1. The molecule has 198 valence electrons. The summed E-state index contributed by atoms with van der Waals surface area (Å²) in [6, 6.07) is 10.5. The van der Waals surface area contributed by atoms with Crippen LogP contribution in [-0.4, -0.2) is 62.2 Å². The van der Waals surface area contributed by atoms with Crippen LogP contribution >= 0.6 is 0 Å². The number of nitrogens with zero attached hydrogens (tertiary/aromatic N) is 1. The number of ether oxygens (including phenoxy) is 2. The molecule has 0 spiro atoms. The molecule has 7 nitrogen and oxygen atoms in total. The summed E-state index contributed by atoms with van der Waals surface area (Å²) < 4.78 is 47.9. The molecule has 0 aromatic heterocycles. The number of primary amides is 1. The van der Waals surface area contributed by atoms with Crippen LogP contribution in [0.5, 0.6) is 11.5 Å². The Bertz CT molecular complexity index is 1030. The lowest BCUT2D eigenvalue weighted by molar-refractivity contribution is -0.153. The molecule has 4 N–H and O–H groups in total. The summed E-state index contributed by atoms with van der Waals surface area (Å²) in [5.74, 6) is -0.181. The molecule has 2 atom stereocenters. The van der Waals surface area contributed by atoms with Crippen molar-refractivity contribution in [3.05, 3.63) is 53.1 Å². The third kappa shape index (κ3) is 7.51. The van der Waals surface area contributed by atoms with E-state index in [1.54, 1.807) is 18.2 Å². The van der Waals surface area contributed by atoms with Gasteiger partial charge >= 0.3 is 6.18 Å². The second-order valence-corrected chi connectivity index (χ2v) is 9.10. The number of aliphatic hydroxyl groups excluding tert-OH is 1. The van der Waals surface area contributed by atoms with Crippen LogP contribution in [0.2, 0.25) is 0 Å². The van der Waals surface area contributed by atoms with Gasteiger partial charge < -0.3 is 30.5 Å². The van der Waals surface area contributed by atoms with Crippen molar-refractivity contribution in [2.24, 2.45) is 5.73 Å². The van der Waals surface area contributed by atoms with Crippen molar-refractivity contribution in [1.29, 1.82) is 0 Å². The minimum Gasteiger partial charge on any atom is -0.488 e. The van der Waals surface area contributed by atoms with Crippen LogP contribution in [0.15, 0.2) is 36.4 Å². The van der Waals surface area contributed by atoms with Crippen molar-refractivity contribution in [3.8, 4) is 11.5 Å². The van der Waals surface area contributed by atoms with Gasteiger partial charge in [0.15, 0.2) is 18.1 Å². The number of anilines is 1. The molecule has 3 rings (SSSR count). The van der Waals surface area contributed by atoms with Gasteiger partial charge in [0.05, 0.1) is 11.3 Å². The van der Waals surface area contributed by atoms with Crippen LogP contribution in [0.1, 0.15) is 41.8 Å². The quantitative estimate of drug-likeness (QED) is 0.358. The number of para-hydroxylation sites is 2. The van der Waals surface area contributed by atoms with E-state index in [4.69, 9.17) is 15.2 Å². The number of alkyl halides is 3. The predicted octanol–water partition coefficient (Wildman–Crippen LogP) is 3.46. The smallest absolute Gasteiger partial charge is 0.422 e. The number of rotatable bonds is 13. The SMILES string of the molecule is CC1Cc2cc(C[C@@H](C)NCCOc3ccccc3OCC(F)(F)F)cc(C(N)=O)c2N1CCCO. The Balaban J connectivity index is 1.56. The number of hydrogen-bond acceptors (Lipinski definition) is 6. The van der Waals surface area contributed by atoms with E-state index in [9.17, 15) is 23.1 Å². The van der Waals surface area contributed by atoms with Gasteiger partial charge in [-0.3, -0.25) is 4.79 Å². The molecule has 2 aromatic carbocycles. The summed E-state index contributed by atoms with van der Waals surface area (Å²) in [5, 5.41) is 12.6. The Hall–Kier alpha value is -2.98. The van der Waals surface area contributed by atoms with E-state index in [0.29, 0.717) is 31.5 Å². The highest BCUT2D eigenvalue weighted by molar-refractivity contribution is 6.00. The zero-order chi connectivity index (χ0) is 26.3. The first-order chi connectivity index (χ1) is 17.1. The van der Waals surface area contributed by atoms with Gasteiger partial charge in [0, 0.05) is 31.8 Å². The number of carbonyl (C=O) groups excluding carboxylic acids is 1. The lowest BCUT2D eigenvalue weighted by Crippen LogP contribution is -2.33. The van der Waals surface area contributed by atoms with Crippen LogP contribution in [-0.2, 0) is 12.8 Å². The minimum absolute atomic E-state index is 0.0438. The molecule has 2 aromatic rings. The third-order valence-corrected chi connectivity index (χ3v) is 6.04. The number of aliphatic hydroxyl groups is 1. The number of nitrogens with two attached hydrogens (primary N) is 1. The van der Waals surface area contributed by atoms with Crippen molar-refractivity contribution in [2.45, 2.75) is 51.4 Å². The topological polar surface area (TPSA) is 97.0 Å². The number of fused-ring (bicyclic) bond motifs is 1. The van der Waals surface area contributed by atoms with Gasteiger partial charge in [-0.25, -0.2) is 0 Å². The maximum Gasteiger partial charge on any atom is 0.422 e. The molecule has 1 heterocycles. The van der Waals surface area contributed by atoms with E-state index >= 15 is 0 Å². The molecule has 1 aliphatic heterocycles. The maximum atomic E-state index is 12.5. The maximum absolute atomic E-state index is 12.5. The summed E-state index contributed by atoms with van der Waals surface area (Å²) in [6.07, 6.45) is -2.35. The van der Waals surface area contributed by atoms with Crippen molar-refractivity contribution in [1.82, 2.24) is 5.32 Å². The number of benzene rings is 2. The predicted molar refractivity (Wildman–Crippen MR) is 132 cm³/mol. The van der Waals surface area contributed by atoms with E-state index in [0.717, 1.165) is 23.2 Å². The van der Waals surface area contributed by atoms with E-state index in [1.807, 2.05) is 13.0 Å². The normalized spacial score (nSPS) is 16.1. The van der Waals surface area contributed by atoms with Gasteiger partial charge in [-0.2, -0.15) is 13.2 Å². The van der Waals surface area contributed by atoms with Crippen LogP contribution in [0.4, 0.5) is 18.9 Å². The molecule has 1 unspecified atom stereocenters. The molecule has 0 aliphatic carbocycles. The molecule has 0 saturated carbocycles. The number of halogens is 3. The molecule has 0 fully saturated rings. The molecular formula is C26H34F3N3O4. The van der Waals surface area contributed by atoms with Crippen molar-refractivity contribution in [2.75, 3.05) is 37.8 Å². The standard InChI is InChI=1S/C26H34F3N3O4/c1-17(31-8-11-35-22-6-3-4-7-23(22)36-16-26(27,28)29)12-19-14-20-13-18(2)32(9-5-10-33)24(20)21(15-19)25(30)34/h3-4,6-7,14-15,17-18,31,33H,5,8-13,16H2,1-2H3,(H2,30,34)/t17-,18?/m1/s1. The Morgan fingerprint density at radius 3 is 2.58 bits per heavy atom. The summed E-state index contributed by atoms with van der Waals surface area (Å²) in [6.45, 7) is 4.17. The van der Waals surface area contributed by atoms with Crippen LogP contribution in [0, 0.1) is 0 Å².